The lowest BCUT2D eigenvalue weighted by molar-refractivity contribution is 0.102. The van der Waals surface area contributed by atoms with E-state index in [2.05, 4.69) is 25.5 Å². The summed E-state index contributed by atoms with van der Waals surface area (Å²) in [5.74, 6) is 0.170. The number of H-pyrrole nitrogens is 2. The third-order valence-corrected chi connectivity index (χ3v) is 2.86. The molecule has 0 spiro atoms. The van der Waals surface area contributed by atoms with Crippen LogP contribution in [0.5, 0.6) is 0 Å². The molecule has 0 aliphatic rings. The van der Waals surface area contributed by atoms with E-state index >= 15 is 0 Å². The van der Waals surface area contributed by atoms with Crippen LogP contribution in [0.1, 0.15) is 16.2 Å². The Morgan fingerprint density at radius 3 is 2.85 bits per heavy atom. The lowest BCUT2D eigenvalue weighted by atomic mass is 10.1. The van der Waals surface area contributed by atoms with Gasteiger partial charge in [-0.25, -0.2) is 0 Å². The SMILES string of the molecule is Cc1nc(NC(=O)c2c[nH]c3ccccc3c2=O)n[nH]1. The first-order chi connectivity index (χ1) is 9.65. The summed E-state index contributed by atoms with van der Waals surface area (Å²) in [4.78, 5) is 31.2. The van der Waals surface area contributed by atoms with E-state index in [1.807, 2.05) is 6.07 Å². The highest BCUT2D eigenvalue weighted by atomic mass is 16.2. The number of nitrogens with zero attached hydrogens (tertiary/aromatic N) is 2. The number of amides is 1. The molecule has 0 saturated carbocycles. The summed E-state index contributed by atoms with van der Waals surface area (Å²) < 4.78 is 0. The second-order valence-electron chi connectivity index (χ2n) is 4.28. The van der Waals surface area contributed by atoms with Crippen LogP contribution >= 0.6 is 0 Å². The van der Waals surface area contributed by atoms with Crippen molar-refractivity contribution in [1.29, 1.82) is 0 Å². The first kappa shape index (κ1) is 12.1. The van der Waals surface area contributed by atoms with Gasteiger partial charge < -0.3 is 4.98 Å². The molecule has 0 unspecified atom stereocenters. The van der Waals surface area contributed by atoms with Crippen LogP contribution in [0.3, 0.4) is 0 Å². The van der Waals surface area contributed by atoms with Gasteiger partial charge >= 0.3 is 0 Å². The molecule has 1 amide bonds. The number of benzene rings is 1. The summed E-state index contributed by atoms with van der Waals surface area (Å²) in [5, 5.41) is 9.34. The Balaban J connectivity index is 1.99. The number of para-hydroxylation sites is 1. The lowest BCUT2D eigenvalue weighted by Gasteiger charge is -2.02. The second-order valence-corrected chi connectivity index (χ2v) is 4.28. The largest absolute Gasteiger partial charge is 0.360 e. The van der Waals surface area contributed by atoms with E-state index in [0.29, 0.717) is 16.7 Å². The van der Waals surface area contributed by atoms with Gasteiger partial charge in [-0.05, 0) is 19.1 Å². The molecule has 20 heavy (non-hydrogen) atoms. The molecule has 3 N–H and O–H groups in total. The third kappa shape index (κ3) is 2.05. The molecule has 0 fully saturated rings. The highest BCUT2D eigenvalue weighted by molar-refractivity contribution is 6.04. The summed E-state index contributed by atoms with van der Waals surface area (Å²) in [6.45, 7) is 1.71. The van der Waals surface area contributed by atoms with Crippen molar-refractivity contribution in [2.75, 3.05) is 5.32 Å². The number of aromatic amines is 2. The van der Waals surface area contributed by atoms with E-state index in [4.69, 9.17) is 0 Å². The van der Waals surface area contributed by atoms with E-state index in [-0.39, 0.29) is 16.9 Å². The first-order valence-electron chi connectivity index (χ1n) is 5.96. The summed E-state index contributed by atoms with van der Waals surface area (Å²) >= 11 is 0. The Kier molecular flexibility index (Phi) is 2.79. The van der Waals surface area contributed by atoms with Crippen LogP contribution in [0.15, 0.2) is 35.3 Å². The molecule has 7 heteroatoms. The zero-order chi connectivity index (χ0) is 14.1. The number of fused-ring (bicyclic) bond motifs is 1. The molecule has 1 aromatic carbocycles. The summed E-state index contributed by atoms with van der Waals surface area (Å²) in [5.41, 5.74) is 0.373. The van der Waals surface area contributed by atoms with Gasteiger partial charge in [0, 0.05) is 17.1 Å². The fraction of sp³-hybridized carbons (Fsp3) is 0.0769. The Hall–Kier alpha value is -2.96. The monoisotopic (exact) mass is 269 g/mol. The van der Waals surface area contributed by atoms with Gasteiger partial charge in [-0.1, -0.05) is 12.1 Å². The van der Waals surface area contributed by atoms with Crippen LogP contribution in [-0.2, 0) is 0 Å². The zero-order valence-corrected chi connectivity index (χ0v) is 10.6. The molecule has 0 saturated heterocycles. The lowest BCUT2D eigenvalue weighted by Crippen LogP contribution is -2.22. The van der Waals surface area contributed by atoms with Gasteiger partial charge in [-0.3, -0.25) is 20.0 Å². The predicted octanol–water partition coefficient (Wildman–Crippen LogP) is 1.21. The fourth-order valence-corrected chi connectivity index (χ4v) is 1.90. The van der Waals surface area contributed by atoms with E-state index in [1.165, 1.54) is 6.20 Å². The van der Waals surface area contributed by atoms with Crippen molar-refractivity contribution < 1.29 is 4.79 Å². The molecule has 0 aliphatic heterocycles. The molecule has 0 radical (unpaired) electrons. The molecule has 2 aromatic heterocycles. The molecule has 0 aliphatic carbocycles. The second kappa shape index (κ2) is 4.61. The van der Waals surface area contributed by atoms with Crippen LogP contribution in [0.2, 0.25) is 0 Å². The number of carbonyl (C=O) groups excluding carboxylic acids is 1. The highest BCUT2D eigenvalue weighted by Crippen LogP contribution is 2.08. The van der Waals surface area contributed by atoms with E-state index in [9.17, 15) is 9.59 Å². The standard InChI is InChI=1S/C13H11N5O2/c1-7-15-13(18-17-7)16-12(20)9-6-14-10-5-3-2-4-8(10)11(9)19/h2-6H,1H3,(H,14,19)(H2,15,16,17,18,20). The number of aromatic nitrogens is 4. The van der Waals surface area contributed by atoms with Gasteiger partial charge in [0.2, 0.25) is 11.4 Å². The Morgan fingerprint density at radius 2 is 2.10 bits per heavy atom. The number of pyridine rings is 1. The Labute approximate surface area is 113 Å². The maximum atomic E-state index is 12.2. The van der Waals surface area contributed by atoms with Gasteiger partial charge in [-0.2, -0.15) is 4.98 Å². The van der Waals surface area contributed by atoms with Gasteiger partial charge in [0.15, 0.2) is 0 Å². The van der Waals surface area contributed by atoms with Gasteiger partial charge in [0.25, 0.3) is 5.91 Å². The van der Waals surface area contributed by atoms with Crippen molar-refractivity contribution in [3.05, 3.63) is 52.1 Å². The molecule has 7 nitrogen and oxygen atoms in total. The number of aryl methyl sites for hydroxylation is 1. The summed E-state index contributed by atoms with van der Waals surface area (Å²) in [6.07, 6.45) is 1.39. The smallest absolute Gasteiger partial charge is 0.263 e. The average Bonchev–Trinajstić information content (AvgIpc) is 2.84. The summed E-state index contributed by atoms with van der Waals surface area (Å²) in [7, 11) is 0. The quantitative estimate of drug-likeness (QED) is 0.650. The predicted molar refractivity (Wildman–Crippen MR) is 73.6 cm³/mol. The van der Waals surface area contributed by atoms with Crippen LogP contribution in [0.25, 0.3) is 10.9 Å². The Bertz CT molecular complexity index is 849. The summed E-state index contributed by atoms with van der Waals surface area (Å²) in [6, 6.07) is 7.01. The van der Waals surface area contributed by atoms with Crippen LogP contribution in [-0.4, -0.2) is 26.1 Å². The molecular weight excluding hydrogens is 258 g/mol. The number of anilines is 1. The molecule has 3 aromatic rings. The molecule has 100 valence electrons. The Morgan fingerprint density at radius 1 is 1.30 bits per heavy atom. The molecule has 2 heterocycles. The minimum atomic E-state index is -0.545. The fourth-order valence-electron chi connectivity index (χ4n) is 1.90. The van der Waals surface area contributed by atoms with Gasteiger partial charge in [0.1, 0.15) is 11.4 Å². The van der Waals surface area contributed by atoms with E-state index in [0.717, 1.165) is 0 Å². The number of hydrogen-bond donors (Lipinski definition) is 3. The topological polar surface area (TPSA) is 104 Å². The van der Waals surface area contributed by atoms with Crippen molar-refractivity contribution in [1.82, 2.24) is 20.2 Å². The van der Waals surface area contributed by atoms with E-state index < -0.39 is 5.91 Å². The number of nitrogens with one attached hydrogen (secondary N) is 3. The van der Waals surface area contributed by atoms with Gasteiger partial charge in [-0.15, -0.1) is 5.10 Å². The zero-order valence-electron chi connectivity index (χ0n) is 10.6. The van der Waals surface area contributed by atoms with E-state index in [1.54, 1.807) is 25.1 Å². The van der Waals surface area contributed by atoms with Gasteiger partial charge in [0.05, 0.1) is 0 Å². The molecule has 3 rings (SSSR count). The number of carbonyl (C=O) groups is 1. The number of hydrogen-bond acceptors (Lipinski definition) is 4. The normalized spacial score (nSPS) is 10.7. The van der Waals surface area contributed by atoms with Crippen molar-refractivity contribution in [2.24, 2.45) is 0 Å². The molecule has 0 atom stereocenters. The average molecular weight is 269 g/mol. The van der Waals surface area contributed by atoms with Crippen LogP contribution < -0.4 is 10.7 Å². The van der Waals surface area contributed by atoms with Crippen molar-refractivity contribution in [3.8, 4) is 0 Å². The first-order valence-corrected chi connectivity index (χ1v) is 5.96. The van der Waals surface area contributed by atoms with Crippen LogP contribution in [0, 0.1) is 6.92 Å². The van der Waals surface area contributed by atoms with Crippen molar-refractivity contribution in [2.45, 2.75) is 6.92 Å². The van der Waals surface area contributed by atoms with Crippen molar-refractivity contribution in [3.63, 3.8) is 0 Å². The molecular formula is C13H11N5O2. The third-order valence-electron chi connectivity index (χ3n) is 2.86. The highest BCUT2D eigenvalue weighted by Gasteiger charge is 2.14. The molecule has 0 bridgehead atoms. The number of rotatable bonds is 2. The minimum absolute atomic E-state index is 0.0196. The van der Waals surface area contributed by atoms with Crippen LogP contribution in [0.4, 0.5) is 5.95 Å². The maximum Gasteiger partial charge on any atom is 0.263 e. The van der Waals surface area contributed by atoms with Crippen molar-refractivity contribution >= 4 is 22.8 Å². The minimum Gasteiger partial charge on any atom is -0.360 e. The maximum absolute atomic E-state index is 12.2.